The van der Waals surface area contributed by atoms with Crippen molar-refractivity contribution in [2.45, 2.75) is 186 Å². The van der Waals surface area contributed by atoms with E-state index in [0.717, 1.165) is 5.56 Å². The number of rotatable bonds is 10. The number of amides is 1. The van der Waals surface area contributed by atoms with Gasteiger partial charge < -0.3 is 53.8 Å². The number of cyclic esters (lactones) is 1. The first-order valence-corrected chi connectivity index (χ1v) is 22.7. The molecule has 0 bridgehead atoms. The summed E-state index contributed by atoms with van der Waals surface area (Å²) >= 11 is 12.5. The molecule has 0 aliphatic carbocycles. The van der Waals surface area contributed by atoms with Crippen LogP contribution in [0.2, 0.25) is 10.0 Å². The number of Topliss-reactive ketones (excluding diaryl/α,β-unsaturated/α-hetero) is 1. The number of esters is 1. The van der Waals surface area contributed by atoms with Gasteiger partial charge in [0.2, 0.25) is 0 Å². The highest BCUT2D eigenvalue weighted by atomic mass is 35.5. The molecule has 352 valence electrons. The van der Waals surface area contributed by atoms with Crippen LogP contribution in [0.1, 0.15) is 100 Å². The number of hydrogen-bond donors (Lipinski definition) is 3. The van der Waals surface area contributed by atoms with Crippen LogP contribution in [0.25, 0.3) is 0 Å². The van der Waals surface area contributed by atoms with E-state index in [0.29, 0.717) is 22.9 Å². The number of methoxy groups -OCH3 is 2. The Morgan fingerprint density at radius 2 is 1.56 bits per heavy atom. The SMILES string of the molecule is CC[C@H]1OC(=O)[C@H](C)C(OC2CC(C)(OC)C(O)[C@H](C)O2)[C@H](C)C(OC2O[C@H](C)CC(N)C2O)C(C)(OC)CC(C)C(=O)C(C)C2N(CCc3ccc(Cl)c(Cl)c3)C(=O)OC21C. The van der Waals surface area contributed by atoms with Gasteiger partial charge in [-0.15, -0.1) is 0 Å². The summed E-state index contributed by atoms with van der Waals surface area (Å²) in [6, 6.07) is 3.73. The van der Waals surface area contributed by atoms with Crippen molar-refractivity contribution in [2.24, 2.45) is 29.4 Å². The minimum Gasteiger partial charge on any atom is -0.458 e. The standard InChI is InChI=1S/C45H70Cl2N2O13/c1-13-32-45(10)37(49(42(54)62-45)17-16-28-14-15-29(46)30(47)19-28)24(4)34(50)22(2)20-44(9,56-12)39(61-41-35(51)31(48)18-23(3)57-41)25(5)36(26(6)40(53)59-32)60-33-21-43(8,55-11)38(52)27(7)58-33/h14-15,19,22-27,31-33,35-39,41,51-52H,13,16-18,20-21,48H2,1-12H3/t22?,23-,24?,25+,26-,27+,31?,32-,33?,35?,36?,37?,38?,39?,41?,43?,44?,45?/m1/s1. The second-order valence-corrected chi connectivity index (χ2v) is 19.6. The second kappa shape index (κ2) is 20.2. The zero-order chi connectivity index (χ0) is 46.2. The average Bonchev–Trinajstić information content (AvgIpc) is 3.49. The number of hydrogen-bond acceptors (Lipinski definition) is 14. The molecule has 1 amide bonds. The molecule has 18 atom stereocenters. The van der Waals surface area contributed by atoms with Gasteiger partial charge in [0.1, 0.15) is 24.1 Å². The minimum absolute atomic E-state index is 0.110. The third-order valence-electron chi connectivity index (χ3n) is 14.2. The predicted molar refractivity (Wildman–Crippen MR) is 230 cm³/mol. The van der Waals surface area contributed by atoms with Crippen LogP contribution in [0.5, 0.6) is 0 Å². The summed E-state index contributed by atoms with van der Waals surface area (Å²) in [6.07, 6.45) is -7.85. The Bertz CT molecular complexity index is 1740. The summed E-state index contributed by atoms with van der Waals surface area (Å²) in [5.74, 6) is -4.11. The fraction of sp³-hybridized carbons (Fsp3) is 0.800. The van der Waals surface area contributed by atoms with Gasteiger partial charge in [-0.05, 0) is 84.9 Å². The Labute approximate surface area is 376 Å². The van der Waals surface area contributed by atoms with E-state index in [1.165, 1.54) is 14.2 Å². The quantitative estimate of drug-likeness (QED) is 0.237. The molecule has 15 nitrogen and oxygen atoms in total. The van der Waals surface area contributed by atoms with E-state index in [1.807, 2.05) is 40.7 Å². The molecule has 4 N–H and O–H groups in total. The molecule has 4 aliphatic heterocycles. The summed E-state index contributed by atoms with van der Waals surface area (Å²) in [6.45, 7) is 18.0. The van der Waals surface area contributed by atoms with Crippen molar-refractivity contribution in [3.05, 3.63) is 33.8 Å². The molecule has 4 heterocycles. The molecule has 4 fully saturated rings. The smallest absolute Gasteiger partial charge is 0.410 e. The van der Waals surface area contributed by atoms with Crippen LogP contribution in [0.3, 0.4) is 0 Å². The first-order chi connectivity index (χ1) is 28.9. The zero-order valence-corrected chi connectivity index (χ0v) is 39.8. The maximum Gasteiger partial charge on any atom is 0.410 e. The number of aliphatic hydroxyl groups excluding tert-OH is 2. The fourth-order valence-electron chi connectivity index (χ4n) is 10.4. The highest BCUT2D eigenvalue weighted by Crippen LogP contribution is 2.45. The monoisotopic (exact) mass is 916 g/mol. The van der Waals surface area contributed by atoms with E-state index in [4.69, 9.17) is 66.8 Å². The normalized spacial score (nSPS) is 43.7. The number of carbonyl (C=O) groups is 3. The Kier molecular flexibility index (Phi) is 16.5. The van der Waals surface area contributed by atoms with Gasteiger partial charge in [-0.2, -0.15) is 0 Å². The van der Waals surface area contributed by atoms with E-state index in [1.54, 1.807) is 51.7 Å². The second-order valence-electron chi connectivity index (χ2n) is 18.8. The molecule has 0 spiro atoms. The maximum absolute atomic E-state index is 14.9. The minimum atomic E-state index is -1.46. The molecule has 62 heavy (non-hydrogen) atoms. The number of nitrogens with zero attached hydrogens (tertiary/aromatic N) is 1. The lowest BCUT2D eigenvalue weighted by molar-refractivity contribution is -0.316. The molecule has 0 radical (unpaired) electrons. The average molecular weight is 918 g/mol. The number of aliphatic hydroxyl groups is 2. The number of ketones is 1. The summed E-state index contributed by atoms with van der Waals surface area (Å²) in [5.41, 5.74) is 3.39. The van der Waals surface area contributed by atoms with Gasteiger partial charge in [-0.1, -0.05) is 57.0 Å². The highest BCUT2D eigenvalue weighted by molar-refractivity contribution is 6.42. The number of benzene rings is 1. The lowest BCUT2D eigenvalue weighted by Gasteiger charge is -2.49. The van der Waals surface area contributed by atoms with Crippen LogP contribution in [0.15, 0.2) is 18.2 Å². The summed E-state index contributed by atoms with van der Waals surface area (Å²) in [5, 5.41) is 23.2. The van der Waals surface area contributed by atoms with Gasteiger partial charge in [-0.25, -0.2) is 4.79 Å². The first kappa shape index (κ1) is 50.8. The van der Waals surface area contributed by atoms with Crippen molar-refractivity contribution >= 4 is 41.0 Å². The zero-order valence-electron chi connectivity index (χ0n) is 38.3. The van der Waals surface area contributed by atoms with Crippen molar-refractivity contribution in [1.29, 1.82) is 0 Å². The van der Waals surface area contributed by atoms with Crippen molar-refractivity contribution in [1.82, 2.24) is 4.90 Å². The molecule has 0 saturated carbocycles. The van der Waals surface area contributed by atoms with Crippen molar-refractivity contribution in [3.63, 3.8) is 0 Å². The van der Waals surface area contributed by atoms with Gasteiger partial charge in [0.05, 0.1) is 57.6 Å². The van der Waals surface area contributed by atoms with Gasteiger partial charge >= 0.3 is 12.1 Å². The van der Waals surface area contributed by atoms with Crippen molar-refractivity contribution in [2.75, 3.05) is 20.8 Å². The van der Waals surface area contributed by atoms with Crippen molar-refractivity contribution in [3.8, 4) is 0 Å². The molecule has 13 unspecified atom stereocenters. The Hall–Kier alpha value is -2.15. The van der Waals surface area contributed by atoms with E-state index >= 15 is 0 Å². The summed E-state index contributed by atoms with van der Waals surface area (Å²) in [7, 11) is 3.02. The van der Waals surface area contributed by atoms with Crippen LogP contribution in [-0.4, -0.2) is 138 Å². The third-order valence-corrected chi connectivity index (χ3v) is 14.9. The molecule has 17 heteroatoms. The molecule has 5 rings (SSSR count). The van der Waals surface area contributed by atoms with Gasteiger partial charge in [-0.3, -0.25) is 14.5 Å². The number of carbonyl (C=O) groups excluding carboxylic acids is 3. The fourth-order valence-corrected chi connectivity index (χ4v) is 10.7. The molecule has 0 aromatic heterocycles. The largest absolute Gasteiger partial charge is 0.458 e. The molecular weight excluding hydrogens is 847 g/mol. The summed E-state index contributed by atoms with van der Waals surface area (Å²) in [4.78, 5) is 45.3. The van der Waals surface area contributed by atoms with Gasteiger partial charge in [0, 0.05) is 51.0 Å². The van der Waals surface area contributed by atoms with E-state index in [9.17, 15) is 24.6 Å². The van der Waals surface area contributed by atoms with Crippen LogP contribution < -0.4 is 5.73 Å². The topological polar surface area (TPSA) is 195 Å². The first-order valence-electron chi connectivity index (χ1n) is 22.0. The van der Waals surface area contributed by atoms with Gasteiger partial charge in [0.25, 0.3) is 0 Å². The number of ether oxygens (including phenoxy) is 8. The van der Waals surface area contributed by atoms with E-state index in [2.05, 4.69) is 0 Å². The Balaban J connectivity index is 1.62. The molecule has 4 aliphatic rings. The third kappa shape index (κ3) is 10.3. The Morgan fingerprint density at radius 3 is 2.18 bits per heavy atom. The molecule has 1 aromatic rings. The molecular formula is C45H70Cl2N2O13. The van der Waals surface area contributed by atoms with E-state index < -0.39 is 114 Å². The molecule has 4 saturated heterocycles. The number of nitrogens with two attached hydrogens (primary N) is 1. The van der Waals surface area contributed by atoms with Crippen molar-refractivity contribution < 1.29 is 62.5 Å². The van der Waals surface area contributed by atoms with Crippen LogP contribution in [-0.2, 0) is 53.9 Å². The van der Waals surface area contributed by atoms with Crippen LogP contribution >= 0.6 is 23.2 Å². The van der Waals surface area contributed by atoms with Gasteiger partial charge in [0.15, 0.2) is 18.2 Å². The van der Waals surface area contributed by atoms with Crippen LogP contribution in [0, 0.1) is 23.7 Å². The summed E-state index contributed by atoms with van der Waals surface area (Å²) < 4.78 is 50.9. The number of halogens is 2. The maximum atomic E-state index is 14.9. The lowest BCUT2D eigenvalue weighted by Crippen LogP contribution is -2.61. The van der Waals surface area contributed by atoms with Crippen LogP contribution in [0.4, 0.5) is 4.79 Å². The Morgan fingerprint density at radius 1 is 0.903 bits per heavy atom. The lowest BCUT2D eigenvalue weighted by atomic mass is 9.73. The van der Waals surface area contributed by atoms with E-state index in [-0.39, 0.29) is 37.7 Å². The highest BCUT2D eigenvalue weighted by Gasteiger charge is 2.61. The molecule has 1 aromatic carbocycles. The predicted octanol–water partition coefficient (Wildman–Crippen LogP) is 5.85. The number of fused-ring (bicyclic) bond motifs is 1.